The maximum absolute atomic E-state index is 8.48. The van der Waals surface area contributed by atoms with Gasteiger partial charge in [-0.2, -0.15) is 0 Å². The Morgan fingerprint density at radius 3 is 1.06 bits per heavy atom. The van der Waals surface area contributed by atoms with Crippen molar-refractivity contribution in [2.75, 3.05) is 39.5 Å². The van der Waals surface area contributed by atoms with Crippen molar-refractivity contribution in [2.45, 2.75) is 0 Å². The first-order valence-electron chi connectivity index (χ1n) is 4.29. The molecule has 96 valence electrons. The molecule has 0 unspecified atom stereocenters. The van der Waals surface area contributed by atoms with E-state index in [4.69, 9.17) is 34.5 Å². The first-order valence-corrected chi connectivity index (χ1v) is 6.08. The molecule has 0 spiro atoms. The zero-order valence-corrected chi connectivity index (χ0v) is 12.3. The van der Waals surface area contributed by atoms with Crippen LogP contribution in [0, 0.1) is 0 Å². The van der Waals surface area contributed by atoms with E-state index in [2.05, 4.69) is 0 Å². The summed E-state index contributed by atoms with van der Waals surface area (Å²) in [6.45, 7) is 1.75. The summed E-state index contributed by atoms with van der Waals surface area (Å²) in [5.74, 6) is 0. The third-order valence-corrected chi connectivity index (χ3v) is 1.25. The predicted octanol–water partition coefficient (Wildman–Crippen LogP) is -7.23. The molecule has 8 nitrogen and oxygen atoms in total. The smallest absolute Gasteiger partial charge is 1.00 e. The molecule has 0 fully saturated rings. The van der Waals surface area contributed by atoms with Crippen LogP contribution in [0.4, 0.5) is 0 Å². The summed E-state index contributed by atoms with van der Waals surface area (Å²) in [6.07, 6.45) is 0. The molecule has 0 aliphatic carbocycles. The number of aliphatic hydroxyl groups is 3. The minimum Gasteiger partial charge on any atom is -1.00 e. The van der Waals surface area contributed by atoms with Gasteiger partial charge in [0.25, 0.3) is 0 Å². The fourth-order valence-electron chi connectivity index (χ4n) is 0.760. The fraction of sp³-hybridized carbons (Fsp3) is 1.00. The molecule has 0 bridgehead atoms. The van der Waals surface area contributed by atoms with Crippen LogP contribution in [0.5, 0.6) is 0 Å². The minimum absolute atomic E-state index is 0. The Bertz CT molecular complexity index is 122. The van der Waals surface area contributed by atoms with E-state index in [0.29, 0.717) is 19.6 Å². The molecule has 0 radical (unpaired) electrons. The zero-order chi connectivity index (χ0) is 12.3. The average Bonchev–Trinajstić information content (AvgIpc) is 2.02. The quantitative estimate of drug-likeness (QED) is 0.236. The van der Waals surface area contributed by atoms with Gasteiger partial charge in [-0.3, -0.25) is 4.90 Å². The van der Waals surface area contributed by atoms with Crippen molar-refractivity contribution in [3.8, 4) is 0 Å². The standard InChI is InChI=1S/C6H15NO3.Na.H4O4Si.H/c8-4-1-7(2-5-9)3-6-10;;1-5(2,3)4;/h8-10H,1-6H2;;1-4H;/q;+1;;-1. The van der Waals surface area contributed by atoms with Gasteiger partial charge in [0.15, 0.2) is 0 Å². The van der Waals surface area contributed by atoms with Crippen LogP contribution in [0.1, 0.15) is 1.43 Å². The van der Waals surface area contributed by atoms with Crippen LogP contribution in [0.2, 0.25) is 0 Å². The first kappa shape index (κ1) is 22.1. The van der Waals surface area contributed by atoms with E-state index >= 15 is 0 Å². The van der Waals surface area contributed by atoms with E-state index in [1.54, 1.807) is 4.90 Å². The van der Waals surface area contributed by atoms with Crippen molar-refractivity contribution in [1.29, 1.82) is 0 Å². The zero-order valence-electron chi connectivity index (χ0n) is 10.3. The van der Waals surface area contributed by atoms with E-state index in [-0.39, 0.29) is 50.8 Å². The van der Waals surface area contributed by atoms with Crippen LogP contribution in [0.15, 0.2) is 0 Å². The second kappa shape index (κ2) is 14.0. The van der Waals surface area contributed by atoms with Gasteiger partial charge in [-0.1, -0.05) is 0 Å². The third kappa shape index (κ3) is 29.4. The molecule has 7 N–H and O–H groups in total. The summed E-state index contributed by atoms with van der Waals surface area (Å²) in [6, 6.07) is 0. The second-order valence-corrected chi connectivity index (χ2v) is 3.81. The van der Waals surface area contributed by atoms with Crippen LogP contribution in [0.3, 0.4) is 0 Å². The van der Waals surface area contributed by atoms with Gasteiger partial charge in [0.2, 0.25) is 0 Å². The molecule has 0 aliphatic rings. The van der Waals surface area contributed by atoms with Crippen molar-refractivity contribution in [2.24, 2.45) is 0 Å². The minimum atomic E-state index is -4.61. The molecule has 16 heavy (non-hydrogen) atoms. The van der Waals surface area contributed by atoms with Crippen molar-refractivity contribution in [3.05, 3.63) is 0 Å². The molecule has 0 aromatic carbocycles. The van der Waals surface area contributed by atoms with Crippen molar-refractivity contribution in [1.82, 2.24) is 4.90 Å². The second-order valence-electron chi connectivity index (χ2n) is 2.61. The molecule has 0 atom stereocenters. The molecule has 10 heteroatoms. The Balaban J connectivity index is -0.000000105. The van der Waals surface area contributed by atoms with Gasteiger partial charge in [0, 0.05) is 19.6 Å². The molecule has 0 amide bonds. The van der Waals surface area contributed by atoms with E-state index in [1.807, 2.05) is 0 Å². The van der Waals surface area contributed by atoms with Gasteiger partial charge in [0.1, 0.15) is 0 Å². The van der Waals surface area contributed by atoms with Crippen LogP contribution >= 0.6 is 0 Å². The summed E-state index contributed by atoms with van der Waals surface area (Å²) >= 11 is 0. The Hall–Kier alpha value is 0.897. The van der Waals surface area contributed by atoms with Gasteiger partial charge in [-0.25, -0.2) is 0 Å². The van der Waals surface area contributed by atoms with Crippen LogP contribution in [0.25, 0.3) is 0 Å². The Morgan fingerprint density at radius 2 is 0.938 bits per heavy atom. The monoisotopic (exact) mass is 269 g/mol. The fourth-order valence-corrected chi connectivity index (χ4v) is 0.760. The number of hydrogen-bond acceptors (Lipinski definition) is 8. The maximum atomic E-state index is 8.48. The van der Waals surface area contributed by atoms with Gasteiger partial charge in [-0.05, 0) is 0 Å². The molecule has 0 aromatic rings. The number of nitrogens with zero attached hydrogens (tertiary/aromatic N) is 1. The number of hydrogen-bond donors (Lipinski definition) is 7. The largest absolute Gasteiger partial charge is 1.00 e. The van der Waals surface area contributed by atoms with Crippen molar-refractivity contribution in [3.63, 3.8) is 0 Å². The summed E-state index contributed by atoms with van der Waals surface area (Å²) in [7, 11) is -4.61. The average molecular weight is 269 g/mol. The normalized spacial score (nSPS) is 10.5. The van der Waals surface area contributed by atoms with E-state index in [1.165, 1.54) is 0 Å². The number of aliphatic hydroxyl groups excluding tert-OH is 3. The third-order valence-electron chi connectivity index (χ3n) is 1.25. The molecule has 0 rings (SSSR count). The van der Waals surface area contributed by atoms with Gasteiger partial charge in [-0.15, -0.1) is 0 Å². The van der Waals surface area contributed by atoms with Crippen LogP contribution < -0.4 is 29.6 Å². The summed E-state index contributed by atoms with van der Waals surface area (Å²) in [4.78, 5) is 31.1. The Labute approximate surface area is 119 Å². The van der Waals surface area contributed by atoms with E-state index in [9.17, 15) is 0 Å². The SMILES string of the molecule is OCCN(CCO)CCO.O[Si](O)(O)O.[H-].[Na+]. The van der Waals surface area contributed by atoms with Gasteiger partial charge >= 0.3 is 38.6 Å². The molecule has 0 saturated heterocycles. The molecular weight excluding hydrogens is 249 g/mol. The predicted molar refractivity (Wildman–Crippen MR) is 53.4 cm³/mol. The van der Waals surface area contributed by atoms with E-state index in [0.717, 1.165) is 0 Å². The summed E-state index contributed by atoms with van der Waals surface area (Å²) in [5.41, 5.74) is 0. The number of rotatable bonds is 6. The molecular formula is C6H20NNaO7Si. The summed E-state index contributed by atoms with van der Waals surface area (Å²) in [5, 5.41) is 25.5. The van der Waals surface area contributed by atoms with E-state index < -0.39 is 9.05 Å². The Kier molecular flexibility index (Phi) is 19.3. The molecule has 0 aliphatic heterocycles. The van der Waals surface area contributed by atoms with Crippen molar-refractivity contribution >= 4 is 9.05 Å². The topological polar surface area (TPSA) is 145 Å². The molecule has 0 heterocycles. The Morgan fingerprint density at radius 1 is 0.750 bits per heavy atom. The molecule has 0 saturated carbocycles. The van der Waals surface area contributed by atoms with Crippen molar-refractivity contribution < 1.29 is 65.5 Å². The van der Waals surface area contributed by atoms with Crippen LogP contribution in [-0.4, -0.2) is 87.9 Å². The van der Waals surface area contributed by atoms with Gasteiger partial charge < -0.3 is 35.9 Å². The maximum Gasteiger partial charge on any atom is 1.00 e. The van der Waals surface area contributed by atoms with Gasteiger partial charge in [0.05, 0.1) is 19.8 Å². The molecule has 0 aromatic heterocycles. The van der Waals surface area contributed by atoms with Crippen LogP contribution in [-0.2, 0) is 0 Å². The first-order chi connectivity index (χ1) is 6.85. The summed E-state index contributed by atoms with van der Waals surface area (Å²) < 4.78 is 0.